The molecule has 0 bridgehead atoms. The molecule has 0 rings (SSSR count). The molecule has 0 aliphatic carbocycles. The van der Waals surface area contributed by atoms with Gasteiger partial charge >= 0.3 is 0 Å². The van der Waals surface area contributed by atoms with E-state index in [1.807, 2.05) is 19.9 Å². The Bertz CT molecular complexity index is 233. The van der Waals surface area contributed by atoms with Gasteiger partial charge in [-0.15, -0.1) is 5.54 Å². The Morgan fingerprint density at radius 1 is 1.38 bits per heavy atom. The Kier molecular flexibility index (Phi) is 5.05. The van der Waals surface area contributed by atoms with Crippen LogP contribution in [-0.4, -0.2) is 19.3 Å². The van der Waals surface area contributed by atoms with Crippen LogP contribution in [-0.2, 0) is 0 Å². The van der Waals surface area contributed by atoms with E-state index in [2.05, 4.69) is 31.1 Å². The molecule has 0 radical (unpaired) electrons. The first-order valence-corrected chi connectivity index (χ1v) is 8.15. The molecule has 0 amide bonds. The zero-order valence-electron chi connectivity index (χ0n) is 9.31. The van der Waals surface area contributed by atoms with Crippen LogP contribution in [0.2, 0.25) is 19.6 Å². The van der Waals surface area contributed by atoms with Crippen LogP contribution in [0.3, 0.4) is 0 Å². The van der Waals surface area contributed by atoms with E-state index in [-0.39, 0.29) is 0 Å². The van der Waals surface area contributed by atoms with Crippen LogP contribution in [0.1, 0.15) is 20.3 Å². The van der Waals surface area contributed by atoms with Crippen molar-refractivity contribution in [3.05, 3.63) is 11.6 Å². The number of aliphatic hydroxyl groups is 1. The lowest BCUT2D eigenvalue weighted by atomic mass is 10.2. The lowest BCUT2D eigenvalue weighted by Gasteiger charge is -2.05. The maximum atomic E-state index is 9.47. The molecule has 0 spiro atoms. The second-order valence-corrected chi connectivity index (χ2v) is 9.30. The minimum atomic E-state index is -1.32. The summed E-state index contributed by atoms with van der Waals surface area (Å²) < 4.78 is 0. The lowest BCUT2D eigenvalue weighted by Crippen LogP contribution is -2.17. The molecule has 1 N–H and O–H groups in total. The first kappa shape index (κ1) is 12.5. The van der Waals surface area contributed by atoms with Crippen molar-refractivity contribution >= 4 is 8.07 Å². The summed E-state index contributed by atoms with van der Waals surface area (Å²) in [7, 11) is -1.32. The van der Waals surface area contributed by atoms with Crippen LogP contribution in [0, 0.1) is 11.5 Å². The van der Waals surface area contributed by atoms with Crippen LogP contribution < -0.4 is 0 Å². The predicted molar refractivity (Wildman–Crippen MR) is 61.2 cm³/mol. The molecule has 0 aliphatic rings. The molecule has 1 nitrogen and oxygen atoms in total. The van der Waals surface area contributed by atoms with Gasteiger partial charge in [0.25, 0.3) is 0 Å². The molecule has 13 heavy (non-hydrogen) atoms. The summed E-state index contributed by atoms with van der Waals surface area (Å²) in [6.45, 7) is 10.6. The van der Waals surface area contributed by atoms with Crippen LogP contribution in [0.4, 0.5) is 0 Å². The van der Waals surface area contributed by atoms with E-state index in [0.717, 1.165) is 0 Å². The predicted octanol–water partition coefficient (Wildman–Crippen LogP) is 2.58. The number of aliphatic hydroxyl groups excluding tert-OH is 1. The van der Waals surface area contributed by atoms with Crippen molar-refractivity contribution in [2.75, 3.05) is 0 Å². The number of rotatable bonds is 2. The normalized spacial score (nSPS) is 12.8. The minimum absolute atomic E-state index is 0.485. The van der Waals surface area contributed by atoms with Gasteiger partial charge in [-0.05, 0) is 13.8 Å². The summed E-state index contributed by atoms with van der Waals surface area (Å²) in [6.07, 6.45) is 2.19. The molecular weight excluding hydrogens is 176 g/mol. The molecule has 0 saturated carbocycles. The van der Waals surface area contributed by atoms with Gasteiger partial charge in [0.15, 0.2) is 0 Å². The second kappa shape index (κ2) is 5.26. The summed E-state index contributed by atoms with van der Waals surface area (Å²) in [4.78, 5) is 0. The van der Waals surface area contributed by atoms with Gasteiger partial charge in [0, 0.05) is 6.42 Å². The third kappa shape index (κ3) is 9.39. The quantitative estimate of drug-likeness (QED) is 0.409. The average Bonchev–Trinajstić information content (AvgIpc) is 1.95. The van der Waals surface area contributed by atoms with Gasteiger partial charge in [-0.1, -0.05) is 37.2 Å². The Balaban J connectivity index is 4.06. The minimum Gasteiger partial charge on any atom is -0.380 e. The molecule has 2 heteroatoms. The zero-order chi connectivity index (χ0) is 10.5. The van der Waals surface area contributed by atoms with Crippen molar-refractivity contribution in [2.24, 2.45) is 0 Å². The fraction of sp³-hybridized carbons (Fsp3) is 0.636. The monoisotopic (exact) mass is 196 g/mol. The van der Waals surface area contributed by atoms with E-state index in [1.54, 1.807) is 0 Å². The van der Waals surface area contributed by atoms with Crippen molar-refractivity contribution in [1.82, 2.24) is 0 Å². The highest BCUT2D eigenvalue weighted by Crippen LogP contribution is 2.00. The molecule has 1 unspecified atom stereocenters. The second-order valence-electron chi connectivity index (χ2n) is 4.55. The molecule has 74 valence electrons. The van der Waals surface area contributed by atoms with E-state index in [0.29, 0.717) is 6.42 Å². The van der Waals surface area contributed by atoms with Crippen LogP contribution >= 0.6 is 0 Å². The fourth-order valence-electron chi connectivity index (χ4n) is 0.706. The lowest BCUT2D eigenvalue weighted by molar-refractivity contribution is 0.236. The van der Waals surface area contributed by atoms with E-state index >= 15 is 0 Å². The first-order chi connectivity index (χ1) is 5.81. The Morgan fingerprint density at radius 2 is 1.92 bits per heavy atom. The van der Waals surface area contributed by atoms with Gasteiger partial charge in [0.1, 0.15) is 14.2 Å². The van der Waals surface area contributed by atoms with Gasteiger partial charge < -0.3 is 5.11 Å². The topological polar surface area (TPSA) is 20.2 Å². The maximum Gasteiger partial charge on any atom is 0.129 e. The summed E-state index contributed by atoms with van der Waals surface area (Å²) >= 11 is 0. The largest absolute Gasteiger partial charge is 0.380 e. The molecule has 0 heterocycles. The highest BCUT2D eigenvalue weighted by atomic mass is 28.3. The summed E-state index contributed by atoms with van der Waals surface area (Å²) in [5.74, 6) is 2.90. The summed E-state index contributed by atoms with van der Waals surface area (Å²) in [5.41, 5.74) is 4.39. The number of hydrogen-bond donors (Lipinski definition) is 1. The first-order valence-electron chi connectivity index (χ1n) is 4.65. The van der Waals surface area contributed by atoms with Crippen molar-refractivity contribution in [3.63, 3.8) is 0 Å². The van der Waals surface area contributed by atoms with Gasteiger partial charge in [-0.25, -0.2) is 0 Å². The van der Waals surface area contributed by atoms with E-state index in [4.69, 9.17) is 0 Å². The fourth-order valence-corrected chi connectivity index (χ4v) is 1.31. The van der Waals surface area contributed by atoms with Gasteiger partial charge in [-0.2, -0.15) is 0 Å². The van der Waals surface area contributed by atoms with E-state index in [1.165, 1.54) is 5.57 Å². The molecule has 0 aromatic heterocycles. The standard InChI is InChI=1S/C11H20OSi/c1-10(2)6-7-11(12)8-9-13(3,4)5/h6,11-12H,7H2,1-5H3. The molecule has 0 aromatic carbocycles. The highest BCUT2D eigenvalue weighted by molar-refractivity contribution is 6.83. The van der Waals surface area contributed by atoms with Crippen molar-refractivity contribution in [3.8, 4) is 11.5 Å². The molecule has 1 atom stereocenters. The van der Waals surface area contributed by atoms with Crippen molar-refractivity contribution in [2.45, 2.75) is 46.0 Å². The van der Waals surface area contributed by atoms with Crippen LogP contribution in [0.25, 0.3) is 0 Å². The molecular formula is C11H20OSi. The SMILES string of the molecule is CC(C)=CCC(O)C#C[Si](C)(C)C. The zero-order valence-corrected chi connectivity index (χ0v) is 10.3. The Morgan fingerprint density at radius 3 is 2.31 bits per heavy atom. The Hall–Kier alpha value is -0.523. The van der Waals surface area contributed by atoms with Crippen molar-refractivity contribution < 1.29 is 5.11 Å². The molecule has 0 saturated heterocycles. The Labute approximate surface area is 82.9 Å². The van der Waals surface area contributed by atoms with Crippen LogP contribution in [0.5, 0.6) is 0 Å². The molecule has 0 fully saturated rings. The smallest absolute Gasteiger partial charge is 0.129 e. The third-order valence-electron chi connectivity index (χ3n) is 1.36. The highest BCUT2D eigenvalue weighted by Gasteiger charge is 2.08. The van der Waals surface area contributed by atoms with Gasteiger partial charge in [0.05, 0.1) is 0 Å². The van der Waals surface area contributed by atoms with E-state index in [9.17, 15) is 5.11 Å². The van der Waals surface area contributed by atoms with Gasteiger partial charge in [-0.3, -0.25) is 0 Å². The third-order valence-corrected chi connectivity index (χ3v) is 2.26. The number of hydrogen-bond acceptors (Lipinski definition) is 1. The van der Waals surface area contributed by atoms with Crippen LogP contribution in [0.15, 0.2) is 11.6 Å². The average molecular weight is 196 g/mol. The molecule has 0 aliphatic heterocycles. The number of allylic oxidation sites excluding steroid dienone is 1. The summed E-state index contributed by atoms with van der Waals surface area (Å²) in [6, 6.07) is 0. The molecule has 0 aromatic rings. The maximum absolute atomic E-state index is 9.47. The van der Waals surface area contributed by atoms with Crippen molar-refractivity contribution in [1.29, 1.82) is 0 Å². The summed E-state index contributed by atoms with van der Waals surface area (Å²) in [5, 5.41) is 9.47. The van der Waals surface area contributed by atoms with Gasteiger partial charge in [0.2, 0.25) is 0 Å². The van der Waals surface area contributed by atoms with E-state index < -0.39 is 14.2 Å².